The van der Waals surface area contributed by atoms with E-state index in [4.69, 9.17) is 4.42 Å². The van der Waals surface area contributed by atoms with Gasteiger partial charge in [0.1, 0.15) is 5.76 Å². The van der Waals surface area contributed by atoms with Crippen molar-refractivity contribution in [2.45, 2.75) is 19.9 Å². The fourth-order valence-electron chi connectivity index (χ4n) is 1.73. The fraction of sp³-hybridized carbons (Fsp3) is 0.286. The number of furan rings is 1. The van der Waals surface area contributed by atoms with Crippen molar-refractivity contribution in [3.8, 4) is 11.1 Å². The quantitative estimate of drug-likeness (QED) is 0.773. The van der Waals surface area contributed by atoms with Crippen molar-refractivity contribution >= 4 is 0 Å². The van der Waals surface area contributed by atoms with Crippen LogP contribution in [0.4, 0.5) is 0 Å². The Balaban J connectivity index is 2.13. The molecule has 0 fully saturated rings. The summed E-state index contributed by atoms with van der Waals surface area (Å²) in [5, 5.41) is 3.35. The Morgan fingerprint density at radius 2 is 1.94 bits per heavy atom. The van der Waals surface area contributed by atoms with Crippen molar-refractivity contribution in [1.82, 2.24) is 5.32 Å². The van der Waals surface area contributed by atoms with Gasteiger partial charge in [0.15, 0.2) is 0 Å². The Bertz CT molecular complexity index is 419. The molecular formula is C14H17NO. The SMILES string of the molecule is CCCNCc1occc1-c1ccccc1. The van der Waals surface area contributed by atoms with Crippen LogP contribution < -0.4 is 5.32 Å². The molecule has 0 saturated carbocycles. The van der Waals surface area contributed by atoms with Crippen LogP contribution in [0, 0.1) is 0 Å². The summed E-state index contributed by atoms with van der Waals surface area (Å²) in [5.74, 6) is 1.01. The molecule has 84 valence electrons. The molecule has 1 aromatic carbocycles. The van der Waals surface area contributed by atoms with Gasteiger partial charge in [-0.3, -0.25) is 0 Å². The Kier molecular flexibility index (Phi) is 3.78. The van der Waals surface area contributed by atoms with Gasteiger partial charge in [-0.1, -0.05) is 37.3 Å². The summed E-state index contributed by atoms with van der Waals surface area (Å²) in [6.45, 7) is 3.98. The minimum atomic E-state index is 0.797. The van der Waals surface area contributed by atoms with Crippen LogP contribution in [0.2, 0.25) is 0 Å². The van der Waals surface area contributed by atoms with E-state index in [9.17, 15) is 0 Å². The van der Waals surface area contributed by atoms with Crippen LogP contribution in [0.1, 0.15) is 19.1 Å². The Labute approximate surface area is 96.3 Å². The van der Waals surface area contributed by atoms with Crippen LogP contribution in [0.3, 0.4) is 0 Å². The van der Waals surface area contributed by atoms with Gasteiger partial charge in [-0.05, 0) is 24.6 Å². The van der Waals surface area contributed by atoms with E-state index in [0.717, 1.165) is 25.3 Å². The standard InChI is InChI=1S/C14H17NO/c1-2-9-15-11-14-13(8-10-16-14)12-6-4-3-5-7-12/h3-8,10,15H,2,9,11H2,1H3. The summed E-state index contributed by atoms with van der Waals surface area (Å²) >= 11 is 0. The van der Waals surface area contributed by atoms with Crippen LogP contribution in [-0.4, -0.2) is 6.54 Å². The average molecular weight is 215 g/mol. The molecule has 1 heterocycles. The van der Waals surface area contributed by atoms with Gasteiger partial charge < -0.3 is 9.73 Å². The zero-order valence-electron chi connectivity index (χ0n) is 9.57. The third-order valence-corrected chi connectivity index (χ3v) is 2.54. The van der Waals surface area contributed by atoms with Crippen LogP contribution in [0.5, 0.6) is 0 Å². The molecule has 1 aromatic heterocycles. The van der Waals surface area contributed by atoms with E-state index >= 15 is 0 Å². The molecule has 0 amide bonds. The lowest BCUT2D eigenvalue weighted by Gasteiger charge is -2.03. The maximum atomic E-state index is 5.50. The van der Waals surface area contributed by atoms with E-state index in [1.807, 2.05) is 24.3 Å². The van der Waals surface area contributed by atoms with Gasteiger partial charge in [0, 0.05) is 5.56 Å². The highest BCUT2D eigenvalue weighted by Crippen LogP contribution is 2.24. The van der Waals surface area contributed by atoms with Gasteiger partial charge >= 0.3 is 0 Å². The van der Waals surface area contributed by atoms with Crippen molar-refractivity contribution in [1.29, 1.82) is 0 Å². The van der Waals surface area contributed by atoms with Crippen LogP contribution in [0.15, 0.2) is 47.1 Å². The summed E-state index contributed by atoms with van der Waals surface area (Å²) in [4.78, 5) is 0. The maximum Gasteiger partial charge on any atom is 0.125 e. The minimum Gasteiger partial charge on any atom is -0.467 e. The Morgan fingerprint density at radius 1 is 1.12 bits per heavy atom. The third-order valence-electron chi connectivity index (χ3n) is 2.54. The van der Waals surface area contributed by atoms with Crippen molar-refractivity contribution in [3.05, 3.63) is 48.4 Å². The molecule has 2 nitrogen and oxygen atoms in total. The summed E-state index contributed by atoms with van der Waals surface area (Å²) in [6, 6.07) is 12.4. The van der Waals surface area contributed by atoms with Crippen LogP contribution in [0.25, 0.3) is 11.1 Å². The highest BCUT2D eigenvalue weighted by Gasteiger charge is 2.07. The van der Waals surface area contributed by atoms with Gasteiger partial charge in [0.25, 0.3) is 0 Å². The second-order valence-electron chi connectivity index (χ2n) is 3.80. The molecule has 0 radical (unpaired) electrons. The first kappa shape index (κ1) is 11.0. The molecule has 0 aliphatic carbocycles. The molecule has 0 saturated heterocycles. The molecule has 2 aromatic rings. The largest absolute Gasteiger partial charge is 0.467 e. The topological polar surface area (TPSA) is 25.2 Å². The zero-order chi connectivity index (χ0) is 11.2. The molecule has 0 aliphatic heterocycles. The Hall–Kier alpha value is -1.54. The molecule has 0 spiro atoms. The number of hydrogen-bond acceptors (Lipinski definition) is 2. The van der Waals surface area contributed by atoms with E-state index in [1.165, 1.54) is 11.1 Å². The number of nitrogens with one attached hydrogen (secondary N) is 1. The number of hydrogen-bond donors (Lipinski definition) is 1. The monoisotopic (exact) mass is 215 g/mol. The third kappa shape index (κ3) is 2.52. The molecule has 0 bridgehead atoms. The van der Waals surface area contributed by atoms with E-state index in [-0.39, 0.29) is 0 Å². The lowest BCUT2D eigenvalue weighted by Crippen LogP contribution is -2.13. The first-order valence-electron chi connectivity index (χ1n) is 5.74. The van der Waals surface area contributed by atoms with Crippen molar-refractivity contribution in [2.75, 3.05) is 6.54 Å². The van der Waals surface area contributed by atoms with E-state index in [0.29, 0.717) is 0 Å². The molecule has 0 unspecified atom stereocenters. The summed E-state index contributed by atoms with van der Waals surface area (Å²) in [6.07, 6.45) is 2.90. The second kappa shape index (κ2) is 5.52. The first-order chi connectivity index (χ1) is 7.92. The fourth-order valence-corrected chi connectivity index (χ4v) is 1.73. The molecular weight excluding hydrogens is 198 g/mol. The maximum absolute atomic E-state index is 5.50. The minimum absolute atomic E-state index is 0.797. The van der Waals surface area contributed by atoms with Gasteiger partial charge in [-0.25, -0.2) is 0 Å². The second-order valence-corrected chi connectivity index (χ2v) is 3.80. The summed E-state index contributed by atoms with van der Waals surface area (Å²) in [5.41, 5.74) is 2.40. The predicted octanol–water partition coefficient (Wildman–Crippen LogP) is 3.45. The molecule has 16 heavy (non-hydrogen) atoms. The van der Waals surface area contributed by atoms with Gasteiger partial charge in [-0.15, -0.1) is 0 Å². The van der Waals surface area contributed by atoms with E-state index in [2.05, 4.69) is 24.4 Å². The van der Waals surface area contributed by atoms with Crippen molar-refractivity contribution in [3.63, 3.8) is 0 Å². The first-order valence-corrected chi connectivity index (χ1v) is 5.74. The van der Waals surface area contributed by atoms with Crippen LogP contribution >= 0.6 is 0 Å². The van der Waals surface area contributed by atoms with E-state index in [1.54, 1.807) is 6.26 Å². The summed E-state index contributed by atoms with van der Waals surface area (Å²) in [7, 11) is 0. The molecule has 0 aliphatic rings. The van der Waals surface area contributed by atoms with Gasteiger partial charge in [0.2, 0.25) is 0 Å². The average Bonchev–Trinajstić information content (AvgIpc) is 2.79. The highest BCUT2D eigenvalue weighted by molar-refractivity contribution is 5.65. The highest BCUT2D eigenvalue weighted by atomic mass is 16.3. The smallest absolute Gasteiger partial charge is 0.125 e. The molecule has 0 atom stereocenters. The summed E-state index contributed by atoms with van der Waals surface area (Å²) < 4.78 is 5.50. The lowest BCUT2D eigenvalue weighted by molar-refractivity contribution is 0.484. The van der Waals surface area contributed by atoms with E-state index < -0.39 is 0 Å². The van der Waals surface area contributed by atoms with Gasteiger partial charge in [0.05, 0.1) is 12.8 Å². The predicted molar refractivity (Wildman–Crippen MR) is 66.1 cm³/mol. The molecule has 1 N–H and O–H groups in total. The number of benzene rings is 1. The molecule has 2 rings (SSSR count). The van der Waals surface area contributed by atoms with Crippen LogP contribution in [-0.2, 0) is 6.54 Å². The van der Waals surface area contributed by atoms with Gasteiger partial charge in [-0.2, -0.15) is 0 Å². The lowest BCUT2D eigenvalue weighted by atomic mass is 10.1. The van der Waals surface area contributed by atoms with Crippen molar-refractivity contribution < 1.29 is 4.42 Å². The number of rotatable bonds is 5. The van der Waals surface area contributed by atoms with Crippen molar-refractivity contribution in [2.24, 2.45) is 0 Å². The normalized spacial score (nSPS) is 10.6. The Morgan fingerprint density at radius 3 is 2.69 bits per heavy atom. The zero-order valence-corrected chi connectivity index (χ0v) is 9.57. The molecule has 2 heteroatoms.